The van der Waals surface area contributed by atoms with Crippen LogP contribution in [-0.2, 0) is 6.54 Å². The average molecular weight is 460 g/mol. The molecule has 0 atom stereocenters. The van der Waals surface area contributed by atoms with Crippen LogP contribution in [0.4, 0.5) is 11.4 Å². The summed E-state index contributed by atoms with van der Waals surface area (Å²) >= 11 is 1.51. The topological polar surface area (TPSA) is 78.9 Å². The zero-order chi connectivity index (χ0) is 22.9. The predicted molar refractivity (Wildman–Crippen MR) is 127 cm³/mol. The molecule has 166 valence electrons. The Balaban J connectivity index is 1.65. The van der Waals surface area contributed by atoms with Gasteiger partial charge in [0.25, 0.3) is 5.69 Å². The number of ether oxygens (including phenoxy) is 2. The van der Waals surface area contributed by atoms with Crippen molar-refractivity contribution < 1.29 is 14.4 Å². The highest BCUT2D eigenvalue weighted by Gasteiger charge is 2.16. The Morgan fingerprint density at radius 2 is 1.91 bits per heavy atom. The van der Waals surface area contributed by atoms with Crippen molar-refractivity contribution in [2.24, 2.45) is 4.99 Å². The molecule has 0 saturated heterocycles. The number of aromatic nitrogens is 1. The van der Waals surface area contributed by atoms with Gasteiger partial charge in [0.05, 0.1) is 22.8 Å². The minimum absolute atomic E-state index is 0.0567. The fourth-order valence-corrected chi connectivity index (χ4v) is 4.76. The van der Waals surface area contributed by atoms with Gasteiger partial charge in [0, 0.05) is 23.1 Å². The summed E-state index contributed by atoms with van der Waals surface area (Å²) in [6, 6.07) is 18.7. The van der Waals surface area contributed by atoms with E-state index in [0.29, 0.717) is 12.3 Å². The van der Waals surface area contributed by atoms with Crippen molar-refractivity contribution in [1.29, 1.82) is 0 Å². The van der Waals surface area contributed by atoms with Gasteiger partial charge in [0.15, 0.2) is 16.3 Å². The summed E-state index contributed by atoms with van der Waals surface area (Å²) in [7, 11) is 0. The third-order valence-electron chi connectivity index (χ3n) is 5.50. The quantitative estimate of drug-likeness (QED) is 0.281. The smallest absolute Gasteiger partial charge is 0.270 e. The van der Waals surface area contributed by atoms with Gasteiger partial charge in [-0.25, -0.2) is 4.99 Å². The number of rotatable bonds is 5. The van der Waals surface area contributed by atoms with Crippen LogP contribution >= 0.6 is 11.3 Å². The van der Waals surface area contributed by atoms with Crippen molar-refractivity contribution in [1.82, 2.24) is 4.57 Å². The van der Waals surface area contributed by atoms with E-state index in [0.717, 1.165) is 38.6 Å². The van der Waals surface area contributed by atoms with Crippen LogP contribution in [0.5, 0.6) is 11.5 Å². The fourth-order valence-electron chi connectivity index (χ4n) is 3.84. The largest absolute Gasteiger partial charge is 0.454 e. The standard InChI is InChI=1S/C25H21N3O4S/c1-16-6-8-21(17(2)10-16)26-25-27(13-18-7-9-23-24(11-18)32-15-31-23)22(14-33-25)19-4-3-5-20(12-19)28(29)30/h3-12,14H,13,15H2,1-2H3. The van der Waals surface area contributed by atoms with Crippen LogP contribution in [0.25, 0.3) is 11.3 Å². The number of hydrogen-bond acceptors (Lipinski definition) is 6. The number of thiazole rings is 1. The van der Waals surface area contributed by atoms with E-state index in [2.05, 4.69) is 17.6 Å². The summed E-state index contributed by atoms with van der Waals surface area (Å²) in [6.45, 7) is 4.85. The minimum atomic E-state index is -0.376. The van der Waals surface area contributed by atoms with E-state index >= 15 is 0 Å². The van der Waals surface area contributed by atoms with Crippen molar-refractivity contribution in [3.63, 3.8) is 0 Å². The van der Waals surface area contributed by atoms with Crippen LogP contribution in [0.2, 0.25) is 0 Å². The van der Waals surface area contributed by atoms with Crippen molar-refractivity contribution >= 4 is 22.7 Å². The molecule has 0 radical (unpaired) electrons. The number of nitro groups is 1. The van der Waals surface area contributed by atoms with E-state index in [9.17, 15) is 10.1 Å². The van der Waals surface area contributed by atoms with Crippen LogP contribution in [0, 0.1) is 24.0 Å². The number of non-ortho nitro benzene ring substituents is 1. The molecule has 1 aromatic heterocycles. The maximum absolute atomic E-state index is 11.3. The molecule has 0 unspecified atom stereocenters. The molecule has 0 saturated carbocycles. The lowest BCUT2D eigenvalue weighted by molar-refractivity contribution is -0.384. The maximum Gasteiger partial charge on any atom is 0.270 e. The second kappa shape index (κ2) is 8.55. The molecule has 0 N–H and O–H groups in total. The number of nitro benzene ring substituents is 1. The normalized spacial score (nSPS) is 12.8. The van der Waals surface area contributed by atoms with Crippen LogP contribution < -0.4 is 14.3 Å². The molecule has 8 heteroatoms. The van der Waals surface area contributed by atoms with Gasteiger partial charge in [-0.05, 0) is 43.2 Å². The van der Waals surface area contributed by atoms with Gasteiger partial charge < -0.3 is 14.0 Å². The van der Waals surface area contributed by atoms with Gasteiger partial charge >= 0.3 is 0 Å². The van der Waals surface area contributed by atoms with Crippen LogP contribution in [0.15, 0.2) is 71.0 Å². The van der Waals surface area contributed by atoms with E-state index < -0.39 is 0 Å². The number of hydrogen-bond donors (Lipinski definition) is 0. The minimum Gasteiger partial charge on any atom is -0.454 e. The van der Waals surface area contributed by atoms with E-state index in [1.54, 1.807) is 12.1 Å². The second-order valence-corrected chi connectivity index (χ2v) is 8.72. The number of benzene rings is 3. The molecule has 4 aromatic rings. The first-order valence-electron chi connectivity index (χ1n) is 10.4. The van der Waals surface area contributed by atoms with Crippen molar-refractivity contribution in [3.05, 3.63) is 97.6 Å². The first-order chi connectivity index (χ1) is 16.0. The maximum atomic E-state index is 11.3. The van der Waals surface area contributed by atoms with Crippen molar-refractivity contribution in [3.8, 4) is 22.8 Å². The molecular weight excluding hydrogens is 438 g/mol. The molecule has 3 aromatic carbocycles. The average Bonchev–Trinajstić information content (AvgIpc) is 3.42. The fraction of sp³-hybridized carbons (Fsp3) is 0.160. The summed E-state index contributed by atoms with van der Waals surface area (Å²) in [5.41, 5.74) is 5.88. The highest BCUT2D eigenvalue weighted by atomic mass is 32.1. The molecule has 5 rings (SSSR count). The van der Waals surface area contributed by atoms with Gasteiger partial charge in [-0.3, -0.25) is 10.1 Å². The van der Waals surface area contributed by atoms with Crippen molar-refractivity contribution in [2.45, 2.75) is 20.4 Å². The summed E-state index contributed by atoms with van der Waals surface area (Å²) < 4.78 is 13.1. The Morgan fingerprint density at radius 1 is 1.06 bits per heavy atom. The van der Waals surface area contributed by atoms with E-state index in [1.165, 1.54) is 23.0 Å². The number of nitrogens with zero attached hydrogens (tertiary/aromatic N) is 3. The molecule has 1 aliphatic rings. The van der Waals surface area contributed by atoms with E-state index in [1.807, 2.05) is 48.7 Å². The molecule has 0 amide bonds. The van der Waals surface area contributed by atoms with Crippen LogP contribution in [0.3, 0.4) is 0 Å². The summed E-state index contributed by atoms with van der Waals surface area (Å²) in [5.74, 6) is 1.45. The molecule has 7 nitrogen and oxygen atoms in total. The zero-order valence-electron chi connectivity index (χ0n) is 18.1. The van der Waals surface area contributed by atoms with Gasteiger partial charge in [0.2, 0.25) is 6.79 Å². The summed E-state index contributed by atoms with van der Waals surface area (Å²) in [6.07, 6.45) is 0. The van der Waals surface area contributed by atoms with E-state index in [4.69, 9.17) is 14.5 Å². The lowest BCUT2D eigenvalue weighted by atomic mass is 10.1. The highest BCUT2D eigenvalue weighted by molar-refractivity contribution is 7.07. The first-order valence-corrected chi connectivity index (χ1v) is 11.3. The predicted octanol–water partition coefficient (Wildman–Crippen LogP) is 5.75. The van der Waals surface area contributed by atoms with Gasteiger partial charge in [-0.15, -0.1) is 11.3 Å². The zero-order valence-corrected chi connectivity index (χ0v) is 19.0. The monoisotopic (exact) mass is 459 g/mol. The van der Waals surface area contributed by atoms with Crippen LogP contribution in [0.1, 0.15) is 16.7 Å². The lowest BCUT2D eigenvalue weighted by Crippen LogP contribution is -2.16. The van der Waals surface area contributed by atoms with Crippen molar-refractivity contribution in [2.75, 3.05) is 6.79 Å². The molecule has 33 heavy (non-hydrogen) atoms. The highest BCUT2D eigenvalue weighted by Crippen LogP contribution is 2.33. The molecule has 0 fully saturated rings. The van der Waals surface area contributed by atoms with Crippen LogP contribution in [-0.4, -0.2) is 16.3 Å². The Morgan fingerprint density at radius 3 is 2.73 bits per heavy atom. The Labute approximate surface area is 194 Å². The van der Waals surface area contributed by atoms with E-state index in [-0.39, 0.29) is 17.4 Å². The second-order valence-electron chi connectivity index (χ2n) is 7.89. The van der Waals surface area contributed by atoms with Gasteiger partial charge in [0.1, 0.15) is 0 Å². The Kier molecular flexibility index (Phi) is 5.43. The molecular formula is C25H21N3O4S. The molecule has 0 bridgehead atoms. The Hall–Kier alpha value is -3.91. The molecule has 0 spiro atoms. The third-order valence-corrected chi connectivity index (χ3v) is 6.36. The summed E-state index contributed by atoms with van der Waals surface area (Å²) in [5, 5.41) is 13.3. The molecule has 2 heterocycles. The van der Waals surface area contributed by atoms with Gasteiger partial charge in [-0.1, -0.05) is 35.9 Å². The number of fused-ring (bicyclic) bond motifs is 1. The third kappa shape index (κ3) is 4.25. The van der Waals surface area contributed by atoms with Gasteiger partial charge in [-0.2, -0.15) is 0 Å². The molecule has 0 aliphatic carbocycles. The summed E-state index contributed by atoms with van der Waals surface area (Å²) in [4.78, 5) is 16.7. The first kappa shape index (κ1) is 21.0. The Bertz CT molecular complexity index is 1440. The number of aryl methyl sites for hydroxylation is 2. The molecule has 1 aliphatic heterocycles. The lowest BCUT2D eigenvalue weighted by Gasteiger charge is -2.11. The SMILES string of the molecule is Cc1ccc(N=c2scc(-c3cccc([N+](=O)[O-])c3)n2Cc2ccc3c(c2)OCO3)c(C)c1.